The van der Waals surface area contributed by atoms with E-state index in [2.05, 4.69) is 0 Å². The van der Waals surface area contributed by atoms with E-state index in [1.165, 1.54) is 19.2 Å². The summed E-state index contributed by atoms with van der Waals surface area (Å²) in [6.07, 6.45) is 0. The van der Waals surface area contributed by atoms with Gasteiger partial charge in [0.25, 0.3) is 0 Å². The lowest BCUT2D eigenvalue weighted by atomic mass is 10.1. The van der Waals surface area contributed by atoms with Gasteiger partial charge in [0, 0.05) is 6.07 Å². The van der Waals surface area contributed by atoms with E-state index < -0.39 is 5.82 Å². The topological polar surface area (TPSA) is 33.0 Å². The Morgan fingerprint density at radius 2 is 2.17 bits per heavy atom. The summed E-state index contributed by atoms with van der Waals surface area (Å²) in [5, 5.41) is 8.54. The van der Waals surface area contributed by atoms with Gasteiger partial charge in [0.15, 0.2) is 11.6 Å². The third-order valence-electron chi connectivity index (χ3n) is 1.57. The molecule has 12 heavy (non-hydrogen) atoms. The van der Waals surface area contributed by atoms with Crippen LogP contribution in [0.15, 0.2) is 12.1 Å². The Balaban J connectivity index is 3.31. The molecule has 0 spiro atoms. The second-order valence-electron chi connectivity index (χ2n) is 2.42. The number of benzene rings is 1. The summed E-state index contributed by atoms with van der Waals surface area (Å²) in [6, 6.07) is 4.78. The van der Waals surface area contributed by atoms with Crippen molar-refractivity contribution in [1.82, 2.24) is 0 Å². The maximum atomic E-state index is 13.1. The minimum absolute atomic E-state index is 0.117. The van der Waals surface area contributed by atoms with Crippen LogP contribution in [0, 0.1) is 24.1 Å². The highest BCUT2D eigenvalue weighted by Crippen LogP contribution is 2.21. The number of hydrogen-bond donors (Lipinski definition) is 0. The molecule has 0 bridgehead atoms. The van der Waals surface area contributed by atoms with Crippen molar-refractivity contribution in [3.63, 3.8) is 0 Å². The zero-order valence-corrected chi connectivity index (χ0v) is 6.89. The van der Waals surface area contributed by atoms with Crippen LogP contribution in [0.2, 0.25) is 0 Å². The maximum absolute atomic E-state index is 13.1. The fourth-order valence-electron chi connectivity index (χ4n) is 0.950. The first-order valence-electron chi connectivity index (χ1n) is 3.43. The van der Waals surface area contributed by atoms with Gasteiger partial charge in [-0.1, -0.05) is 0 Å². The molecule has 3 heteroatoms. The molecular weight excluding hydrogens is 157 g/mol. The van der Waals surface area contributed by atoms with Crippen molar-refractivity contribution < 1.29 is 9.13 Å². The normalized spacial score (nSPS) is 9.17. The van der Waals surface area contributed by atoms with Crippen LogP contribution >= 0.6 is 0 Å². The molecule has 1 rings (SSSR count). The minimum Gasteiger partial charge on any atom is -0.494 e. The summed E-state index contributed by atoms with van der Waals surface area (Å²) in [4.78, 5) is 0. The predicted octanol–water partition coefficient (Wildman–Crippen LogP) is 2.01. The molecule has 0 N–H and O–H groups in total. The molecule has 0 heterocycles. The van der Waals surface area contributed by atoms with Crippen molar-refractivity contribution >= 4 is 0 Å². The lowest BCUT2D eigenvalue weighted by Crippen LogP contribution is -1.92. The molecule has 0 saturated heterocycles. The van der Waals surface area contributed by atoms with E-state index in [0.717, 1.165) is 0 Å². The Morgan fingerprint density at radius 1 is 1.50 bits per heavy atom. The molecule has 2 nitrogen and oxygen atoms in total. The van der Waals surface area contributed by atoms with Gasteiger partial charge in [-0.05, 0) is 18.6 Å². The first-order chi connectivity index (χ1) is 5.69. The van der Waals surface area contributed by atoms with E-state index in [-0.39, 0.29) is 5.75 Å². The van der Waals surface area contributed by atoms with Crippen LogP contribution in [-0.2, 0) is 0 Å². The van der Waals surface area contributed by atoms with Crippen LogP contribution in [-0.4, -0.2) is 7.11 Å². The van der Waals surface area contributed by atoms with Crippen LogP contribution in [0.5, 0.6) is 5.75 Å². The number of nitriles is 1. The number of ether oxygens (including phenoxy) is 1. The number of nitrogens with zero attached hydrogens (tertiary/aromatic N) is 1. The summed E-state index contributed by atoms with van der Waals surface area (Å²) in [5.41, 5.74) is 0.830. The lowest BCUT2D eigenvalue weighted by Gasteiger charge is -2.03. The highest BCUT2D eigenvalue weighted by atomic mass is 19.1. The SMILES string of the molecule is COc1cc(C#N)cc(C)c1F. The number of aryl methyl sites for hydroxylation is 1. The molecule has 0 aliphatic rings. The molecule has 0 unspecified atom stereocenters. The average molecular weight is 165 g/mol. The van der Waals surface area contributed by atoms with Crippen molar-refractivity contribution in [1.29, 1.82) is 5.26 Å². The Kier molecular flexibility index (Phi) is 2.29. The summed E-state index contributed by atoms with van der Waals surface area (Å²) in [5.74, 6) is -0.289. The van der Waals surface area contributed by atoms with E-state index in [9.17, 15) is 4.39 Å². The van der Waals surface area contributed by atoms with Gasteiger partial charge in [0.05, 0.1) is 18.7 Å². The summed E-state index contributed by atoms with van der Waals surface area (Å²) in [6.45, 7) is 1.60. The van der Waals surface area contributed by atoms with E-state index >= 15 is 0 Å². The van der Waals surface area contributed by atoms with E-state index in [1.54, 1.807) is 6.92 Å². The number of rotatable bonds is 1. The summed E-state index contributed by atoms with van der Waals surface area (Å²) >= 11 is 0. The zero-order chi connectivity index (χ0) is 9.14. The molecule has 0 radical (unpaired) electrons. The van der Waals surface area contributed by atoms with Crippen LogP contribution in [0.1, 0.15) is 11.1 Å². The van der Waals surface area contributed by atoms with Crippen LogP contribution in [0.25, 0.3) is 0 Å². The van der Waals surface area contributed by atoms with Gasteiger partial charge in [0.2, 0.25) is 0 Å². The Bertz CT molecular complexity index is 341. The predicted molar refractivity (Wildman–Crippen MR) is 42.4 cm³/mol. The first-order valence-corrected chi connectivity index (χ1v) is 3.43. The van der Waals surface area contributed by atoms with Crippen molar-refractivity contribution in [2.24, 2.45) is 0 Å². The maximum Gasteiger partial charge on any atom is 0.168 e. The van der Waals surface area contributed by atoms with E-state index in [1.807, 2.05) is 6.07 Å². The quantitative estimate of drug-likeness (QED) is 0.637. The molecule has 1 aromatic carbocycles. The molecule has 1 aromatic rings. The monoisotopic (exact) mass is 165 g/mol. The molecule has 0 aliphatic heterocycles. The van der Waals surface area contributed by atoms with Gasteiger partial charge < -0.3 is 4.74 Å². The second kappa shape index (κ2) is 3.22. The van der Waals surface area contributed by atoms with Crippen molar-refractivity contribution in [2.75, 3.05) is 7.11 Å². The first kappa shape index (κ1) is 8.54. The molecular formula is C9H8FNO. The standard InChI is InChI=1S/C9H8FNO/c1-6-3-7(5-11)4-8(12-2)9(6)10/h3-4H,1-2H3. The van der Waals surface area contributed by atoms with Gasteiger partial charge in [-0.15, -0.1) is 0 Å². The minimum atomic E-state index is -0.406. The fourth-order valence-corrected chi connectivity index (χ4v) is 0.950. The highest BCUT2D eigenvalue weighted by molar-refractivity contribution is 5.41. The molecule has 0 atom stereocenters. The number of halogens is 1. The van der Waals surface area contributed by atoms with E-state index in [4.69, 9.17) is 10.00 Å². The van der Waals surface area contributed by atoms with Gasteiger partial charge in [-0.2, -0.15) is 5.26 Å². The van der Waals surface area contributed by atoms with Crippen LogP contribution in [0.3, 0.4) is 0 Å². The number of methoxy groups -OCH3 is 1. The number of hydrogen-bond acceptors (Lipinski definition) is 2. The van der Waals surface area contributed by atoms with Gasteiger partial charge in [-0.25, -0.2) is 4.39 Å². The Morgan fingerprint density at radius 3 is 2.67 bits per heavy atom. The third-order valence-corrected chi connectivity index (χ3v) is 1.57. The lowest BCUT2D eigenvalue weighted by molar-refractivity contribution is 0.385. The van der Waals surface area contributed by atoms with Crippen LogP contribution in [0.4, 0.5) is 4.39 Å². The molecule has 62 valence electrons. The van der Waals surface area contributed by atoms with Crippen molar-refractivity contribution in [3.8, 4) is 11.8 Å². The smallest absolute Gasteiger partial charge is 0.168 e. The highest BCUT2D eigenvalue weighted by Gasteiger charge is 2.07. The summed E-state index contributed by atoms with van der Waals surface area (Å²) in [7, 11) is 1.37. The zero-order valence-electron chi connectivity index (χ0n) is 6.89. The second-order valence-corrected chi connectivity index (χ2v) is 2.42. The fraction of sp³-hybridized carbons (Fsp3) is 0.222. The van der Waals surface area contributed by atoms with Crippen molar-refractivity contribution in [2.45, 2.75) is 6.92 Å². The Hall–Kier alpha value is -1.56. The van der Waals surface area contributed by atoms with Crippen molar-refractivity contribution in [3.05, 3.63) is 29.1 Å². The van der Waals surface area contributed by atoms with Gasteiger partial charge in [-0.3, -0.25) is 0 Å². The molecule has 0 aliphatic carbocycles. The summed E-state index contributed by atoms with van der Waals surface area (Å²) < 4.78 is 17.8. The Labute approximate surface area is 70.2 Å². The largest absolute Gasteiger partial charge is 0.494 e. The average Bonchev–Trinajstić information content (AvgIpc) is 2.09. The van der Waals surface area contributed by atoms with E-state index in [0.29, 0.717) is 11.1 Å². The molecule has 0 saturated carbocycles. The third kappa shape index (κ3) is 1.37. The molecule has 0 amide bonds. The molecule has 0 fully saturated rings. The molecule has 0 aromatic heterocycles. The van der Waals surface area contributed by atoms with Crippen LogP contribution < -0.4 is 4.74 Å². The van der Waals surface area contributed by atoms with Gasteiger partial charge >= 0.3 is 0 Å². The van der Waals surface area contributed by atoms with Gasteiger partial charge in [0.1, 0.15) is 0 Å².